The molecule has 1 heterocycles. The van der Waals surface area contributed by atoms with Crippen LogP contribution in [0.5, 0.6) is 11.5 Å². The van der Waals surface area contributed by atoms with E-state index in [9.17, 15) is 27.9 Å². The maximum Gasteiger partial charge on any atom is 0.416 e. The molecule has 2 aliphatic rings. The standard InChI is InChI=1S/C32H40F3NO6/c1-31(2,3)25-27(30(38)39)36(29(37)19-11-7-6-8-12-19)26(22-13-9-10-14-24(22)41-5)28(25)42-18-20-17-21(32(33,34)35)15-16-23(20)40-4/h9-10,13-17,19,25-28H,6-8,11-12,18H2,1-5H3,(H,38,39)/t25-,26?,27+,28?/m0/s1. The first kappa shape index (κ1) is 31.7. The molecule has 1 saturated heterocycles. The van der Waals surface area contributed by atoms with E-state index in [0.29, 0.717) is 24.2 Å². The van der Waals surface area contributed by atoms with Crippen LogP contribution in [0.25, 0.3) is 0 Å². The van der Waals surface area contributed by atoms with Crippen molar-refractivity contribution < 1.29 is 42.1 Å². The Morgan fingerprint density at radius 2 is 1.60 bits per heavy atom. The van der Waals surface area contributed by atoms with Gasteiger partial charge >= 0.3 is 12.1 Å². The number of carbonyl (C=O) groups excluding carboxylic acids is 1. The van der Waals surface area contributed by atoms with Gasteiger partial charge in [0.2, 0.25) is 5.91 Å². The van der Waals surface area contributed by atoms with Crippen LogP contribution in [0.3, 0.4) is 0 Å². The van der Waals surface area contributed by atoms with E-state index in [1.54, 1.807) is 24.3 Å². The van der Waals surface area contributed by atoms with Crippen LogP contribution < -0.4 is 9.47 Å². The maximum absolute atomic E-state index is 14.3. The summed E-state index contributed by atoms with van der Waals surface area (Å²) in [5.74, 6) is -1.73. The van der Waals surface area contributed by atoms with Crippen LogP contribution in [0.1, 0.15) is 75.6 Å². The smallest absolute Gasteiger partial charge is 0.416 e. The number of ether oxygens (including phenoxy) is 3. The number of rotatable bonds is 8. The number of benzene rings is 2. The van der Waals surface area contributed by atoms with Gasteiger partial charge in [-0.05, 0) is 42.5 Å². The lowest BCUT2D eigenvalue weighted by Crippen LogP contribution is -2.49. The molecule has 0 aromatic heterocycles. The second-order valence-electron chi connectivity index (χ2n) is 12.2. The molecule has 2 fully saturated rings. The van der Waals surface area contributed by atoms with Gasteiger partial charge in [-0.15, -0.1) is 0 Å². The van der Waals surface area contributed by atoms with Crippen LogP contribution in [0.15, 0.2) is 42.5 Å². The maximum atomic E-state index is 14.3. The summed E-state index contributed by atoms with van der Waals surface area (Å²) in [7, 11) is 2.86. The molecular weight excluding hydrogens is 551 g/mol. The van der Waals surface area contributed by atoms with Crippen molar-refractivity contribution in [2.75, 3.05) is 14.2 Å². The van der Waals surface area contributed by atoms with Crippen molar-refractivity contribution in [3.63, 3.8) is 0 Å². The molecule has 230 valence electrons. The Hall–Kier alpha value is -3.27. The third-order valence-electron chi connectivity index (χ3n) is 8.56. The topological polar surface area (TPSA) is 85.3 Å². The molecule has 1 amide bonds. The van der Waals surface area contributed by atoms with Crippen LogP contribution in [0.4, 0.5) is 13.2 Å². The number of methoxy groups -OCH3 is 2. The van der Waals surface area contributed by atoms with E-state index in [1.807, 2.05) is 20.8 Å². The van der Waals surface area contributed by atoms with Crippen molar-refractivity contribution in [1.82, 2.24) is 4.90 Å². The predicted octanol–water partition coefficient (Wildman–Crippen LogP) is 6.89. The molecule has 2 unspecified atom stereocenters. The Morgan fingerprint density at radius 3 is 2.17 bits per heavy atom. The highest BCUT2D eigenvalue weighted by Crippen LogP contribution is 2.52. The fraction of sp³-hybridized carbons (Fsp3) is 0.562. The van der Waals surface area contributed by atoms with Gasteiger partial charge in [0.25, 0.3) is 0 Å². The summed E-state index contributed by atoms with van der Waals surface area (Å²) in [6.45, 7) is 5.39. The van der Waals surface area contributed by atoms with Crippen molar-refractivity contribution in [2.45, 2.75) is 83.8 Å². The van der Waals surface area contributed by atoms with Gasteiger partial charge in [-0.1, -0.05) is 58.2 Å². The SMILES string of the molecule is COc1ccc(C(F)(F)F)cc1COC1C(c2ccccc2OC)N(C(=O)C2CCCCC2)[C@@H](C(=O)O)[C@@H]1C(C)(C)C. The number of likely N-dealkylation sites (tertiary alicyclic amines) is 1. The monoisotopic (exact) mass is 591 g/mol. The molecule has 7 nitrogen and oxygen atoms in total. The molecular formula is C32H40F3NO6. The summed E-state index contributed by atoms with van der Waals surface area (Å²) in [4.78, 5) is 28.8. The molecule has 0 spiro atoms. The number of aliphatic carboxylic acids is 1. The minimum absolute atomic E-state index is 0.169. The first-order valence-corrected chi connectivity index (χ1v) is 14.3. The number of carbonyl (C=O) groups is 2. The van der Waals surface area contributed by atoms with E-state index >= 15 is 0 Å². The van der Waals surface area contributed by atoms with Gasteiger partial charge < -0.3 is 24.2 Å². The molecule has 2 aromatic carbocycles. The van der Waals surface area contributed by atoms with E-state index in [0.717, 1.165) is 31.4 Å². The second kappa shape index (κ2) is 12.5. The predicted molar refractivity (Wildman–Crippen MR) is 150 cm³/mol. The minimum atomic E-state index is -4.57. The van der Waals surface area contributed by atoms with E-state index in [1.165, 1.54) is 25.2 Å². The fourth-order valence-electron chi connectivity index (χ4n) is 6.64. The summed E-state index contributed by atoms with van der Waals surface area (Å²) in [5, 5.41) is 10.6. The van der Waals surface area contributed by atoms with Gasteiger partial charge in [0.15, 0.2) is 0 Å². The van der Waals surface area contributed by atoms with Crippen LogP contribution in [-0.4, -0.2) is 48.2 Å². The van der Waals surface area contributed by atoms with E-state index < -0.39 is 47.2 Å². The van der Waals surface area contributed by atoms with E-state index in [-0.39, 0.29) is 29.7 Å². The van der Waals surface area contributed by atoms with Crippen LogP contribution >= 0.6 is 0 Å². The Kier molecular flexibility index (Phi) is 9.45. The largest absolute Gasteiger partial charge is 0.496 e. The van der Waals surface area contributed by atoms with E-state index in [2.05, 4.69) is 0 Å². The number of amides is 1. The third kappa shape index (κ3) is 6.38. The molecule has 4 rings (SSSR count). The van der Waals surface area contributed by atoms with Crippen LogP contribution in [0, 0.1) is 17.3 Å². The molecule has 2 aromatic rings. The summed E-state index contributed by atoms with van der Waals surface area (Å²) < 4.78 is 58.2. The summed E-state index contributed by atoms with van der Waals surface area (Å²) >= 11 is 0. The lowest BCUT2D eigenvalue weighted by atomic mass is 9.73. The highest BCUT2D eigenvalue weighted by atomic mass is 19.4. The third-order valence-corrected chi connectivity index (χ3v) is 8.56. The molecule has 1 saturated carbocycles. The quantitative estimate of drug-likeness (QED) is 0.360. The van der Waals surface area contributed by atoms with Gasteiger partial charge in [-0.2, -0.15) is 13.2 Å². The molecule has 0 radical (unpaired) electrons. The summed E-state index contributed by atoms with van der Waals surface area (Å²) in [5.41, 5.74) is -0.752. The fourth-order valence-corrected chi connectivity index (χ4v) is 6.64. The average Bonchev–Trinajstić information content (AvgIpc) is 3.31. The van der Waals surface area contributed by atoms with Crippen molar-refractivity contribution >= 4 is 11.9 Å². The molecule has 10 heteroatoms. The first-order chi connectivity index (χ1) is 19.8. The van der Waals surface area contributed by atoms with Gasteiger partial charge in [0.1, 0.15) is 17.5 Å². The molecule has 1 aliphatic heterocycles. The highest BCUT2D eigenvalue weighted by molar-refractivity contribution is 5.87. The number of hydrogen-bond donors (Lipinski definition) is 1. The van der Waals surface area contributed by atoms with Crippen LogP contribution in [-0.2, 0) is 27.1 Å². The summed E-state index contributed by atoms with van der Waals surface area (Å²) in [6, 6.07) is 8.20. The number of halogens is 3. The average molecular weight is 592 g/mol. The van der Waals surface area contributed by atoms with Crippen molar-refractivity contribution in [3.8, 4) is 11.5 Å². The van der Waals surface area contributed by atoms with Gasteiger partial charge in [-0.25, -0.2) is 4.79 Å². The number of alkyl halides is 3. The first-order valence-electron chi connectivity index (χ1n) is 14.3. The molecule has 1 N–H and O–H groups in total. The number of carboxylic acid groups (broad SMARTS) is 1. The molecule has 1 aliphatic carbocycles. The highest BCUT2D eigenvalue weighted by Gasteiger charge is 2.59. The number of para-hydroxylation sites is 1. The molecule has 42 heavy (non-hydrogen) atoms. The molecule has 0 bridgehead atoms. The Morgan fingerprint density at radius 1 is 0.952 bits per heavy atom. The van der Waals surface area contributed by atoms with Crippen molar-refractivity contribution in [1.29, 1.82) is 0 Å². The van der Waals surface area contributed by atoms with Gasteiger partial charge in [0, 0.05) is 23.0 Å². The Balaban J connectivity index is 1.86. The second-order valence-corrected chi connectivity index (χ2v) is 12.2. The van der Waals surface area contributed by atoms with Crippen molar-refractivity contribution in [2.24, 2.45) is 17.3 Å². The zero-order valence-corrected chi connectivity index (χ0v) is 24.7. The normalized spacial score (nSPS) is 23.6. The lowest BCUT2D eigenvalue weighted by molar-refractivity contribution is -0.154. The van der Waals surface area contributed by atoms with Crippen LogP contribution in [0.2, 0.25) is 0 Å². The summed E-state index contributed by atoms with van der Waals surface area (Å²) in [6.07, 6.45) is -1.30. The van der Waals surface area contributed by atoms with Gasteiger partial charge in [0.05, 0.1) is 38.5 Å². The zero-order valence-electron chi connectivity index (χ0n) is 24.7. The Labute approximate surface area is 244 Å². The Bertz CT molecular complexity index is 1270. The lowest BCUT2D eigenvalue weighted by Gasteiger charge is -2.35. The number of hydrogen-bond acceptors (Lipinski definition) is 5. The number of nitrogens with zero attached hydrogens (tertiary/aromatic N) is 1. The van der Waals surface area contributed by atoms with E-state index in [4.69, 9.17) is 14.2 Å². The number of carboxylic acids is 1. The van der Waals surface area contributed by atoms with Crippen molar-refractivity contribution in [3.05, 3.63) is 59.2 Å². The zero-order chi connectivity index (χ0) is 30.8. The molecule has 4 atom stereocenters. The minimum Gasteiger partial charge on any atom is -0.496 e. The van der Waals surface area contributed by atoms with Gasteiger partial charge in [-0.3, -0.25) is 4.79 Å².